The van der Waals surface area contributed by atoms with Crippen LogP contribution in [0.15, 0.2) is 71.1 Å². The normalized spacial score (nSPS) is 14.1. The van der Waals surface area contributed by atoms with Gasteiger partial charge in [0.1, 0.15) is 11.6 Å². The van der Waals surface area contributed by atoms with E-state index in [4.69, 9.17) is 4.42 Å². The quantitative estimate of drug-likeness (QED) is 0.336. The molecule has 5 rings (SSSR count). The first-order valence-corrected chi connectivity index (χ1v) is 11.7. The number of halogens is 2. The van der Waals surface area contributed by atoms with Crippen LogP contribution in [-0.2, 0) is 0 Å². The predicted octanol–water partition coefficient (Wildman–Crippen LogP) is 5.73. The van der Waals surface area contributed by atoms with Crippen LogP contribution in [0.5, 0.6) is 0 Å². The van der Waals surface area contributed by atoms with E-state index in [1.165, 1.54) is 0 Å². The minimum atomic E-state index is -0.729. The summed E-state index contributed by atoms with van der Waals surface area (Å²) in [6.07, 6.45) is 0.782. The number of benzene rings is 3. The number of aryl methyl sites for hydroxylation is 1. The molecule has 182 valence electrons. The van der Waals surface area contributed by atoms with Crippen molar-refractivity contribution in [2.45, 2.75) is 19.8 Å². The number of carbonyl (C=O) groups excluding carboxylic acids is 2. The van der Waals surface area contributed by atoms with Crippen LogP contribution < -0.4 is 0 Å². The Balaban J connectivity index is 1.22. The summed E-state index contributed by atoms with van der Waals surface area (Å²) in [5, 5.41) is 8.25. The van der Waals surface area contributed by atoms with E-state index in [2.05, 4.69) is 10.2 Å². The first-order chi connectivity index (χ1) is 17.4. The molecule has 1 fully saturated rings. The highest BCUT2D eigenvalue weighted by atomic mass is 19.1. The Kier molecular flexibility index (Phi) is 6.41. The molecule has 1 aromatic heterocycles. The average molecular weight is 488 g/mol. The van der Waals surface area contributed by atoms with Gasteiger partial charge < -0.3 is 9.32 Å². The SMILES string of the molecule is Cc1cccc(-c2nnc(-c3ccc(C(=O)N4CCC(C(=O)c5cc(F)ccc5F)CC4)cc3)o2)c1. The molecule has 0 atom stereocenters. The zero-order valence-corrected chi connectivity index (χ0v) is 19.6. The third kappa shape index (κ3) is 4.79. The molecule has 1 aliphatic heterocycles. The number of piperidine rings is 1. The van der Waals surface area contributed by atoms with Crippen molar-refractivity contribution < 1.29 is 22.8 Å². The lowest BCUT2D eigenvalue weighted by Crippen LogP contribution is -2.40. The Labute approximate surface area is 206 Å². The van der Waals surface area contributed by atoms with Crippen molar-refractivity contribution in [2.24, 2.45) is 5.92 Å². The highest BCUT2D eigenvalue weighted by Gasteiger charge is 2.30. The first kappa shape index (κ1) is 23.5. The van der Waals surface area contributed by atoms with Crippen LogP contribution in [0.2, 0.25) is 0 Å². The molecule has 0 N–H and O–H groups in total. The van der Waals surface area contributed by atoms with Gasteiger partial charge >= 0.3 is 0 Å². The molecule has 0 spiro atoms. The summed E-state index contributed by atoms with van der Waals surface area (Å²) >= 11 is 0. The fraction of sp³-hybridized carbons (Fsp3) is 0.214. The summed E-state index contributed by atoms with van der Waals surface area (Å²) < 4.78 is 33.3. The van der Waals surface area contributed by atoms with Gasteiger partial charge in [-0.3, -0.25) is 9.59 Å². The number of nitrogens with zero attached hydrogens (tertiary/aromatic N) is 3. The molecule has 1 aliphatic rings. The molecule has 0 unspecified atom stereocenters. The Morgan fingerprint density at radius 3 is 2.28 bits per heavy atom. The van der Waals surface area contributed by atoms with Crippen LogP contribution in [-0.4, -0.2) is 39.9 Å². The molecule has 36 heavy (non-hydrogen) atoms. The van der Waals surface area contributed by atoms with Gasteiger partial charge in [-0.25, -0.2) is 8.78 Å². The zero-order chi connectivity index (χ0) is 25.2. The number of Topliss-reactive ketones (excluding diaryl/α,β-unsaturated/α-hetero) is 1. The van der Waals surface area contributed by atoms with Crippen LogP contribution in [0, 0.1) is 24.5 Å². The smallest absolute Gasteiger partial charge is 0.253 e. The molecule has 3 aromatic carbocycles. The molecule has 0 bridgehead atoms. The van der Waals surface area contributed by atoms with Gasteiger partial charge in [0.05, 0.1) is 5.56 Å². The number of amides is 1. The average Bonchev–Trinajstić information content (AvgIpc) is 3.40. The lowest BCUT2D eigenvalue weighted by molar-refractivity contribution is 0.0649. The highest BCUT2D eigenvalue weighted by Crippen LogP contribution is 2.27. The minimum absolute atomic E-state index is 0.157. The van der Waals surface area contributed by atoms with Crippen LogP contribution in [0.25, 0.3) is 22.9 Å². The number of hydrogen-bond donors (Lipinski definition) is 0. The molecule has 6 nitrogen and oxygen atoms in total. The molecule has 0 radical (unpaired) electrons. The van der Waals surface area contributed by atoms with Gasteiger partial charge in [-0.05, 0) is 74.4 Å². The van der Waals surface area contributed by atoms with Crippen LogP contribution in [0.3, 0.4) is 0 Å². The van der Waals surface area contributed by atoms with Gasteiger partial charge in [-0.1, -0.05) is 17.7 Å². The van der Waals surface area contributed by atoms with Crippen LogP contribution in [0.4, 0.5) is 8.78 Å². The third-order valence-corrected chi connectivity index (χ3v) is 6.42. The second-order valence-electron chi connectivity index (χ2n) is 8.91. The molecule has 2 heterocycles. The van der Waals surface area contributed by atoms with Gasteiger partial charge in [-0.15, -0.1) is 10.2 Å². The number of carbonyl (C=O) groups is 2. The second-order valence-corrected chi connectivity index (χ2v) is 8.91. The maximum Gasteiger partial charge on any atom is 0.253 e. The van der Waals surface area contributed by atoms with Crippen molar-refractivity contribution in [1.29, 1.82) is 0 Å². The van der Waals surface area contributed by atoms with Gasteiger partial charge in [-0.2, -0.15) is 0 Å². The van der Waals surface area contributed by atoms with E-state index in [0.717, 1.165) is 29.3 Å². The molecular weight excluding hydrogens is 464 g/mol. The number of hydrogen-bond acceptors (Lipinski definition) is 5. The van der Waals surface area contributed by atoms with Crippen molar-refractivity contribution in [3.63, 3.8) is 0 Å². The Morgan fingerprint density at radius 2 is 1.58 bits per heavy atom. The van der Waals surface area contributed by atoms with E-state index in [-0.39, 0.29) is 11.5 Å². The topological polar surface area (TPSA) is 76.3 Å². The molecule has 8 heteroatoms. The number of aromatic nitrogens is 2. The highest BCUT2D eigenvalue weighted by molar-refractivity contribution is 5.99. The summed E-state index contributed by atoms with van der Waals surface area (Å²) in [5.41, 5.74) is 2.88. The summed E-state index contributed by atoms with van der Waals surface area (Å²) in [7, 11) is 0. The number of ketones is 1. The summed E-state index contributed by atoms with van der Waals surface area (Å²) in [6, 6.07) is 17.6. The maximum absolute atomic E-state index is 14.0. The van der Waals surface area contributed by atoms with E-state index in [0.29, 0.717) is 48.8 Å². The summed E-state index contributed by atoms with van der Waals surface area (Å²) in [6.45, 7) is 2.70. The third-order valence-electron chi connectivity index (χ3n) is 6.42. The standard InChI is InChI=1S/C28H23F2N3O3/c1-17-3-2-4-21(15-17)27-32-31-26(36-27)19-5-7-20(8-6-19)28(35)33-13-11-18(12-14-33)25(34)23-16-22(29)9-10-24(23)30/h2-10,15-16,18H,11-14H2,1H3. The fourth-order valence-corrected chi connectivity index (χ4v) is 4.42. The second kappa shape index (κ2) is 9.81. The Bertz CT molecular complexity index is 1420. The van der Waals surface area contributed by atoms with E-state index >= 15 is 0 Å². The van der Waals surface area contributed by atoms with Crippen LogP contribution in [0.1, 0.15) is 39.1 Å². The molecule has 0 aliphatic carbocycles. The van der Waals surface area contributed by atoms with E-state index in [9.17, 15) is 18.4 Å². The Hall–Kier alpha value is -4.20. The maximum atomic E-state index is 14.0. The fourth-order valence-electron chi connectivity index (χ4n) is 4.42. The van der Waals surface area contributed by atoms with Gasteiger partial charge in [0.15, 0.2) is 5.78 Å². The lowest BCUT2D eigenvalue weighted by Gasteiger charge is -2.31. The predicted molar refractivity (Wildman–Crippen MR) is 129 cm³/mol. The largest absolute Gasteiger partial charge is 0.416 e. The minimum Gasteiger partial charge on any atom is -0.416 e. The van der Waals surface area contributed by atoms with E-state index in [1.54, 1.807) is 29.2 Å². The lowest BCUT2D eigenvalue weighted by atomic mass is 9.88. The van der Waals surface area contributed by atoms with Crippen molar-refractivity contribution in [3.05, 3.63) is 95.1 Å². The van der Waals surface area contributed by atoms with Crippen molar-refractivity contribution in [3.8, 4) is 22.9 Å². The zero-order valence-electron chi connectivity index (χ0n) is 19.6. The Morgan fingerprint density at radius 1 is 0.889 bits per heavy atom. The summed E-state index contributed by atoms with van der Waals surface area (Å²) in [5.74, 6) is -1.63. The van der Waals surface area contributed by atoms with Gasteiger partial charge in [0.25, 0.3) is 5.91 Å². The van der Waals surface area contributed by atoms with E-state index in [1.807, 2.05) is 31.2 Å². The summed E-state index contributed by atoms with van der Waals surface area (Å²) in [4.78, 5) is 27.3. The van der Waals surface area contributed by atoms with Crippen LogP contribution >= 0.6 is 0 Å². The molecule has 0 saturated carbocycles. The molecule has 1 saturated heterocycles. The van der Waals surface area contributed by atoms with Gasteiger partial charge in [0, 0.05) is 35.7 Å². The van der Waals surface area contributed by atoms with Crippen molar-refractivity contribution in [2.75, 3.05) is 13.1 Å². The number of rotatable bonds is 5. The molecule has 1 amide bonds. The molecular formula is C28H23F2N3O3. The van der Waals surface area contributed by atoms with Crippen molar-refractivity contribution >= 4 is 11.7 Å². The first-order valence-electron chi connectivity index (χ1n) is 11.7. The number of likely N-dealkylation sites (tertiary alicyclic amines) is 1. The van der Waals surface area contributed by atoms with Gasteiger partial charge in [0.2, 0.25) is 11.8 Å². The monoisotopic (exact) mass is 487 g/mol. The van der Waals surface area contributed by atoms with E-state index < -0.39 is 23.3 Å². The van der Waals surface area contributed by atoms with Crippen molar-refractivity contribution in [1.82, 2.24) is 15.1 Å². The molecule has 4 aromatic rings.